The van der Waals surface area contributed by atoms with Crippen molar-refractivity contribution in [2.45, 2.75) is 38.6 Å². The normalized spacial score (nSPS) is 16.8. The monoisotopic (exact) mass is 231 g/mol. The Morgan fingerprint density at radius 1 is 1.29 bits per heavy atom. The van der Waals surface area contributed by atoms with Crippen molar-refractivity contribution >= 4 is 16.9 Å². The molecular weight excluding hydrogens is 214 g/mol. The van der Waals surface area contributed by atoms with Gasteiger partial charge in [-0.15, -0.1) is 0 Å². The van der Waals surface area contributed by atoms with Gasteiger partial charge in [0.1, 0.15) is 11.6 Å². The molecule has 0 bridgehead atoms. The van der Waals surface area contributed by atoms with Gasteiger partial charge in [-0.2, -0.15) is 5.10 Å². The van der Waals surface area contributed by atoms with Crippen LogP contribution in [-0.2, 0) is 0 Å². The number of rotatable bonds is 2. The van der Waals surface area contributed by atoms with Crippen LogP contribution in [0.25, 0.3) is 11.0 Å². The highest BCUT2D eigenvalue weighted by atomic mass is 15.3. The summed E-state index contributed by atoms with van der Waals surface area (Å²) in [5, 5.41) is 8.63. The summed E-state index contributed by atoms with van der Waals surface area (Å²) in [7, 11) is 1.88. The maximum Gasteiger partial charge on any atom is 0.163 e. The average molecular weight is 231 g/mol. The molecule has 0 saturated heterocycles. The van der Waals surface area contributed by atoms with Gasteiger partial charge >= 0.3 is 0 Å². The Bertz CT molecular complexity index is 539. The van der Waals surface area contributed by atoms with Crippen LogP contribution in [0, 0.1) is 6.92 Å². The lowest BCUT2D eigenvalue weighted by molar-refractivity contribution is 0.478. The van der Waals surface area contributed by atoms with Gasteiger partial charge < -0.3 is 5.32 Å². The number of fused-ring (bicyclic) bond motifs is 1. The summed E-state index contributed by atoms with van der Waals surface area (Å²) in [5.41, 5.74) is 0.966. The fourth-order valence-electron chi connectivity index (χ4n) is 2.64. The summed E-state index contributed by atoms with van der Waals surface area (Å²) in [4.78, 5) is 8.92. The van der Waals surface area contributed by atoms with E-state index < -0.39 is 0 Å². The van der Waals surface area contributed by atoms with Crippen LogP contribution in [0.2, 0.25) is 0 Å². The third-order valence-electron chi connectivity index (χ3n) is 3.47. The Morgan fingerprint density at radius 2 is 2.06 bits per heavy atom. The quantitative estimate of drug-likeness (QED) is 0.861. The third kappa shape index (κ3) is 1.66. The van der Waals surface area contributed by atoms with E-state index in [9.17, 15) is 0 Å². The lowest BCUT2D eigenvalue weighted by atomic mass is 10.2. The van der Waals surface area contributed by atoms with E-state index in [-0.39, 0.29) is 0 Å². The number of aromatic nitrogens is 4. The molecule has 90 valence electrons. The zero-order chi connectivity index (χ0) is 11.8. The zero-order valence-corrected chi connectivity index (χ0v) is 10.3. The molecule has 1 saturated carbocycles. The predicted molar refractivity (Wildman–Crippen MR) is 67.1 cm³/mol. The molecular formula is C12H17N5. The Morgan fingerprint density at radius 3 is 2.76 bits per heavy atom. The topological polar surface area (TPSA) is 55.6 Å². The minimum absolute atomic E-state index is 0.520. The summed E-state index contributed by atoms with van der Waals surface area (Å²) < 4.78 is 2.08. The maximum absolute atomic E-state index is 4.54. The highest BCUT2D eigenvalue weighted by molar-refractivity contribution is 5.86. The molecule has 0 atom stereocenters. The molecule has 17 heavy (non-hydrogen) atoms. The van der Waals surface area contributed by atoms with E-state index >= 15 is 0 Å². The van der Waals surface area contributed by atoms with Gasteiger partial charge in [0, 0.05) is 7.05 Å². The molecule has 0 spiro atoms. The second-order valence-electron chi connectivity index (χ2n) is 4.63. The third-order valence-corrected chi connectivity index (χ3v) is 3.47. The molecule has 0 aliphatic heterocycles. The van der Waals surface area contributed by atoms with Crippen molar-refractivity contribution in [3.63, 3.8) is 0 Å². The van der Waals surface area contributed by atoms with Crippen LogP contribution in [-0.4, -0.2) is 26.8 Å². The van der Waals surface area contributed by atoms with Gasteiger partial charge in [0.15, 0.2) is 5.65 Å². The summed E-state index contributed by atoms with van der Waals surface area (Å²) in [6, 6.07) is 0.520. The van der Waals surface area contributed by atoms with Gasteiger partial charge in [0.05, 0.1) is 17.6 Å². The highest BCUT2D eigenvalue weighted by Crippen LogP contribution is 2.32. The fourth-order valence-corrected chi connectivity index (χ4v) is 2.64. The first-order chi connectivity index (χ1) is 8.29. The molecule has 1 fully saturated rings. The number of nitrogens with zero attached hydrogens (tertiary/aromatic N) is 4. The van der Waals surface area contributed by atoms with Gasteiger partial charge in [0.2, 0.25) is 0 Å². The summed E-state index contributed by atoms with van der Waals surface area (Å²) in [5.74, 6) is 1.67. The van der Waals surface area contributed by atoms with Gasteiger partial charge in [-0.1, -0.05) is 12.8 Å². The Kier molecular flexibility index (Phi) is 2.46. The number of aryl methyl sites for hydroxylation is 1. The SMILES string of the molecule is CNc1nc(C)nc2c1cnn2C1CCCC1. The van der Waals surface area contributed by atoms with Crippen molar-refractivity contribution < 1.29 is 0 Å². The van der Waals surface area contributed by atoms with E-state index in [1.165, 1.54) is 25.7 Å². The van der Waals surface area contributed by atoms with Crippen molar-refractivity contribution in [3.05, 3.63) is 12.0 Å². The molecule has 2 aromatic rings. The van der Waals surface area contributed by atoms with E-state index in [0.29, 0.717) is 6.04 Å². The van der Waals surface area contributed by atoms with Crippen molar-refractivity contribution in [1.82, 2.24) is 19.7 Å². The smallest absolute Gasteiger partial charge is 0.163 e. The van der Waals surface area contributed by atoms with Crippen LogP contribution < -0.4 is 5.32 Å². The molecule has 5 heteroatoms. The molecule has 5 nitrogen and oxygen atoms in total. The summed E-state index contributed by atoms with van der Waals surface area (Å²) in [6.45, 7) is 1.92. The molecule has 1 aliphatic carbocycles. The fraction of sp³-hybridized carbons (Fsp3) is 0.583. The van der Waals surface area contributed by atoms with Crippen molar-refractivity contribution in [1.29, 1.82) is 0 Å². The lowest BCUT2D eigenvalue weighted by Gasteiger charge is -2.11. The molecule has 1 N–H and O–H groups in total. The van der Waals surface area contributed by atoms with Gasteiger partial charge in [-0.3, -0.25) is 0 Å². The molecule has 2 aromatic heterocycles. The van der Waals surface area contributed by atoms with Crippen molar-refractivity contribution in [2.75, 3.05) is 12.4 Å². The summed E-state index contributed by atoms with van der Waals surface area (Å²) in [6.07, 6.45) is 6.91. The van der Waals surface area contributed by atoms with E-state index in [0.717, 1.165) is 22.7 Å². The average Bonchev–Trinajstić information content (AvgIpc) is 2.94. The van der Waals surface area contributed by atoms with Crippen LogP contribution in [0.3, 0.4) is 0 Å². The first-order valence-corrected chi connectivity index (χ1v) is 6.19. The Labute approximate surface area is 100 Å². The zero-order valence-electron chi connectivity index (χ0n) is 10.3. The Balaban J connectivity index is 2.17. The summed E-state index contributed by atoms with van der Waals surface area (Å²) >= 11 is 0. The second kappa shape index (κ2) is 3.98. The van der Waals surface area contributed by atoms with Gasteiger partial charge in [0.25, 0.3) is 0 Å². The highest BCUT2D eigenvalue weighted by Gasteiger charge is 2.21. The van der Waals surface area contributed by atoms with Crippen LogP contribution in [0.1, 0.15) is 37.5 Å². The van der Waals surface area contributed by atoms with Crippen molar-refractivity contribution in [2.24, 2.45) is 0 Å². The molecule has 0 amide bonds. The minimum Gasteiger partial charge on any atom is -0.372 e. The largest absolute Gasteiger partial charge is 0.372 e. The van der Waals surface area contributed by atoms with Crippen LogP contribution >= 0.6 is 0 Å². The molecule has 2 heterocycles. The molecule has 0 radical (unpaired) electrons. The molecule has 0 unspecified atom stereocenters. The van der Waals surface area contributed by atoms with Gasteiger partial charge in [-0.25, -0.2) is 14.6 Å². The molecule has 0 aromatic carbocycles. The first-order valence-electron chi connectivity index (χ1n) is 6.19. The number of anilines is 1. The van der Waals surface area contributed by atoms with Gasteiger partial charge in [-0.05, 0) is 19.8 Å². The molecule has 3 rings (SSSR count). The van der Waals surface area contributed by atoms with Crippen LogP contribution in [0.15, 0.2) is 6.20 Å². The van der Waals surface area contributed by atoms with E-state index in [4.69, 9.17) is 0 Å². The Hall–Kier alpha value is -1.65. The lowest BCUT2D eigenvalue weighted by Crippen LogP contribution is -2.08. The minimum atomic E-state index is 0.520. The van der Waals surface area contributed by atoms with E-state index in [2.05, 4.69) is 25.1 Å². The first kappa shape index (κ1) is 10.5. The van der Waals surface area contributed by atoms with Crippen LogP contribution in [0.4, 0.5) is 5.82 Å². The maximum atomic E-state index is 4.54. The standard InChI is InChI=1S/C12H17N5/c1-8-15-11(13-2)10-7-14-17(12(10)16-8)9-5-3-4-6-9/h7,9H,3-6H2,1-2H3,(H,13,15,16). The molecule has 1 aliphatic rings. The second-order valence-corrected chi connectivity index (χ2v) is 4.63. The number of nitrogens with one attached hydrogen (secondary N) is 1. The number of hydrogen-bond acceptors (Lipinski definition) is 4. The predicted octanol–water partition coefficient (Wildman–Crippen LogP) is 2.29. The number of hydrogen-bond donors (Lipinski definition) is 1. The van der Waals surface area contributed by atoms with E-state index in [1.807, 2.05) is 20.2 Å². The van der Waals surface area contributed by atoms with Crippen molar-refractivity contribution in [3.8, 4) is 0 Å². The van der Waals surface area contributed by atoms with E-state index in [1.54, 1.807) is 0 Å². The van der Waals surface area contributed by atoms with Crippen LogP contribution in [0.5, 0.6) is 0 Å².